The van der Waals surface area contributed by atoms with Crippen molar-refractivity contribution in [3.05, 3.63) is 12.2 Å². The molecule has 1 amide bonds. The molecule has 4 N–H and O–H groups in total. The van der Waals surface area contributed by atoms with E-state index in [2.05, 4.69) is 31.3 Å². The van der Waals surface area contributed by atoms with Crippen molar-refractivity contribution in [1.29, 1.82) is 0 Å². The first kappa shape index (κ1) is 34.1. The Morgan fingerprint density at radius 3 is 1.71 bits per heavy atom. The lowest BCUT2D eigenvalue weighted by Crippen LogP contribution is -2.46. The van der Waals surface area contributed by atoms with Gasteiger partial charge in [0.25, 0.3) is 0 Å². The van der Waals surface area contributed by atoms with E-state index in [0.29, 0.717) is 12.8 Å². The molecule has 0 aromatic heterocycles. The number of rotatable bonds is 26. The van der Waals surface area contributed by atoms with Gasteiger partial charge >= 0.3 is 0 Å². The number of nitrogens with one attached hydrogen (secondary N) is 1. The van der Waals surface area contributed by atoms with Crippen LogP contribution in [0.15, 0.2) is 12.2 Å². The first-order valence-corrected chi connectivity index (χ1v) is 15.0. The van der Waals surface area contributed by atoms with Crippen LogP contribution in [0.5, 0.6) is 0 Å². The first-order valence-electron chi connectivity index (χ1n) is 15.0. The molecule has 3 unspecified atom stereocenters. The van der Waals surface area contributed by atoms with Crippen LogP contribution in [0.4, 0.5) is 0 Å². The molecule has 0 aliphatic carbocycles. The number of hydrogen-bond acceptors (Lipinski definition) is 4. The number of unbranched alkanes of at least 4 members (excludes halogenated alkanes) is 15. The summed E-state index contributed by atoms with van der Waals surface area (Å²) in [6, 6.07) is -0.659. The van der Waals surface area contributed by atoms with E-state index in [1.165, 1.54) is 83.5 Å². The molecular formula is C30H59NO4. The SMILES string of the molecule is CCCCCCCC/C=C\CCCC(O)CC(=O)NC(CO)C(O)CCCCCCCCCCC. The Balaban J connectivity index is 3.81. The van der Waals surface area contributed by atoms with Crippen molar-refractivity contribution in [2.75, 3.05) is 6.61 Å². The first-order chi connectivity index (χ1) is 17.0. The number of carbonyl (C=O) groups is 1. The summed E-state index contributed by atoms with van der Waals surface area (Å²) in [5.74, 6) is -0.304. The molecule has 0 heterocycles. The third-order valence-corrected chi connectivity index (χ3v) is 6.83. The second kappa shape index (κ2) is 26.2. The molecule has 0 aromatic rings. The Morgan fingerprint density at radius 2 is 1.17 bits per heavy atom. The van der Waals surface area contributed by atoms with E-state index >= 15 is 0 Å². The van der Waals surface area contributed by atoms with E-state index < -0.39 is 18.2 Å². The Labute approximate surface area is 217 Å². The smallest absolute Gasteiger partial charge is 0.222 e. The van der Waals surface area contributed by atoms with Gasteiger partial charge in [-0.25, -0.2) is 0 Å². The number of carbonyl (C=O) groups excluding carboxylic acids is 1. The van der Waals surface area contributed by atoms with Gasteiger partial charge in [0.05, 0.1) is 31.3 Å². The maximum atomic E-state index is 12.2. The van der Waals surface area contributed by atoms with E-state index in [4.69, 9.17) is 0 Å². The van der Waals surface area contributed by atoms with Gasteiger partial charge in [0.15, 0.2) is 0 Å². The minimum absolute atomic E-state index is 0.0166. The molecule has 0 rings (SSSR count). The van der Waals surface area contributed by atoms with Gasteiger partial charge in [-0.05, 0) is 38.5 Å². The molecule has 0 radical (unpaired) electrons. The Morgan fingerprint density at radius 1 is 0.686 bits per heavy atom. The van der Waals surface area contributed by atoms with Crippen LogP contribution in [0, 0.1) is 0 Å². The molecule has 0 aliphatic heterocycles. The van der Waals surface area contributed by atoms with Gasteiger partial charge < -0.3 is 20.6 Å². The molecule has 0 aliphatic rings. The van der Waals surface area contributed by atoms with Crippen molar-refractivity contribution in [1.82, 2.24) is 5.32 Å². The van der Waals surface area contributed by atoms with E-state index in [-0.39, 0.29) is 18.9 Å². The highest BCUT2D eigenvalue weighted by Crippen LogP contribution is 2.13. The average Bonchev–Trinajstić information content (AvgIpc) is 2.84. The summed E-state index contributed by atoms with van der Waals surface area (Å²) in [7, 11) is 0. The van der Waals surface area contributed by atoms with Crippen molar-refractivity contribution in [3.63, 3.8) is 0 Å². The van der Waals surface area contributed by atoms with Crippen LogP contribution in [0.25, 0.3) is 0 Å². The van der Waals surface area contributed by atoms with Crippen molar-refractivity contribution >= 4 is 5.91 Å². The Kier molecular flexibility index (Phi) is 25.5. The minimum Gasteiger partial charge on any atom is -0.394 e. The summed E-state index contributed by atoms with van der Waals surface area (Å²) >= 11 is 0. The van der Waals surface area contributed by atoms with Crippen LogP contribution >= 0.6 is 0 Å². The molecule has 0 bridgehead atoms. The summed E-state index contributed by atoms with van der Waals surface area (Å²) in [6.07, 6.45) is 25.9. The molecule has 0 saturated carbocycles. The highest BCUT2D eigenvalue weighted by atomic mass is 16.3. The maximum absolute atomic E-state index is 12.2. The zero-order valence-electron chi connectivity index (χ0n) is 23.2. The van der Waals surface area contributed by atoms with Crippen molar-refractivity contribution in [2.45, 2.75) is 167 Å². The van der Waals surface area contributed by atoms with Crippen LogP contribution < -0.4 is 5.32 Å². The van der Waals surface area contributed by atoms with E-state index in [1.54, 1.807) is 0 Å². The van der Waals surface area contributed by atoms with E-state index in [9.17, 15) is 20.1 Å². The van der Waals surface area contributed by atoms with Crippen LogP contribution in [0.2, 0.25) is 0 Å². The summed E-state index contributed by atoms with van der Waals surface area (Å²) in [5, 5.41) is 32.8. The predicted octanol–water partition coefficient (Wildman–Crippen LogP) is 6.97. The van der Waals surface area contributed by atoms with Gasteiger partial charge in [-0.2, -0.15) is 0 Å². The van der Waals surface area contributed by atoms with E-state index in [1.807, 2.05) is 0 Å². The third kappa shape index (κ3) is 23.3. The molecule has 0 fully saturated rings. The van der Waals surface area contributed by atoms with Crippen LogP contribution in [0.1, 0.15) is 149 Å². The van der Waals surface area contributed by atoms with Crippen molar-refractivity contribution in [3.8, 4) is 0 Å². The van der Waals surface area contributed by atoms with Gasteiger partial charge in [-0.1, -0.05) is 116 Å². The summed E-state index contributed by atoms with van der Waals surface area (Å²) in [4.78, 5) is 12.2. The monoisotopic (exact) mass is 497 g/mol. The molecule has 5 heteroatoms. The molecule has 0 saturated heterocycles. The second-order valence-electron chi connectivity index (χ2n) is 10.4. The van der Waals surface area contributed by atoms with Gasteiger partial charge in [-0.3, -0.25) is 4.79 Å². The van der Waals surface area contributed by atoms with E-state index in [0.717, 1.165) is 32.1 Å². The number of amides is 1. The molecule has 3 atom stereocenters. The number of aliphatic hydroxyl groups excluding tert-OH is 3. The number of aliphatic hydroxyl groups is 3. The topological polar surface area (TPSA) is 89.8 Å². The molecule has 35 heavy (non-hydrogen) atoms. The van der Waals surface area contributed by atoms with Crippen molar-refractivity contribution < 1.29 is 20.1 Å². The van der Waals surface area contributed by atoms with Crippen LogP contribution in [-0.4, -0.2) is 46.1 Å². The molecule has 0 spiro atoms. The lowest BCUT2D eigenvalue weighted by atomic mass is 10.0. The second-order valence-corrected chi connectivity index (χ2v) is 10.4. The van der Waals surface area contributed by atoms with Crippen molar-refractivity contribution in [2.24, 2.45) is 0 Å². The summed E-state index contributed by atoms with van der Waals surface area (Å²) < 4.78 is 0. The lowest BCUT2D eigenvalue weighted by Gasteiger charge is -2.23. The largest absolute Gasteiger partial charge is 0.394 e. The van der Waals surface area contributed by atoms with Gasteiger partial charge in [-0.15, -0.1) is 0 Å². The zero-order valence-corrected chi connectivity index (χ0v) is 23.2. The van der Waals surface area contributed by atoms with Crippen LogP contribution in [-0.2, 0) is 4.79 Å². The fourth-order valence-electron chi connectivity index (χ4n) is 4.46. The quantitative estimate of drug-likeness (QED) is 0.0767. The highest BCUT2D eigenvalue weighted by molar-refractivity contribution is 5.76. The highest BCUT2D eigenvalue weighted by Gasteiger charge is 2.21. The van der Waals surface area contributed by atoms with Gasteiger partial charge in [0.1, 0.15) is 0 Å². The molecule has 5 nitrogen and oxygen atoms in total. The van der Waals surface area contributed by atoms with Gasteiger partial charge in [0.2, 0.25) is 5.91 Å². The standard InChI is InChI=1S/C30H59NO4/c1-3-5-7-9-11-13-14-16-17-19-21-23-27(33)25-30(35)31-28(26-32)29(34)24-22-20-18-15-12-10-8-6-4-2/h16-17,27-29,32-34H,3-15,18-26H2,1-2H3,(H,31,35)/b17-16-. The fraction of sp³-hybridized carbons (Fsp3) is 0.900. The molecule has 0 aromatic carbocycles. The summed E-state index contributed by atoms with van der Waals surface area (Å²) in [5.41, 5.74) is 0. The normalized spacial score (nSPS) is 14.3. The average molecular weight is 498 g/mol. The fourth-order valence-corrected chi connectivity index (χ4v) is 4.46. The lowest BCUT2D eigenvalue weighted by molar-refractivity contribution is -0.125. The number of hydrogen-bond donors (Lipinski definition) is 4. The molecular weight excluding hydrogens is 438 g/mol. The predicted molar refractivity (Wildman–Crippen MR) is 148 cm³/mol. The zero-order chi connectivity index (χ0) is 26.0. The third-order valence-electron chi connectivity index (χ3n) is 6.83. The number of allylic oxidation sites excluding steroid dienone is 2. The maximum Gasteiger partial charge on any atom is 0.222 e. The minimum atomic E-state index is -0.748. The summed E-state index contributed by atoms with van der Waals surface area (Å²) in [6.45, 7) is 4.18. The van der Waals surface area contributed by atoms with Crippen LogP contribution in [0.3, 0.4) is 0 Å². The Bertz CT molecular complexity index is 483. The molecule has 208 valence electrons. The Hall–Kier alpha value is -0.910. The van der Waals surface area contributed by atoms with Gasteiger partial charge in [0, 0.05) is 0 Å².